The third-order valence-corrected chi connectivity index (χ3v) is 7.70. The van der Waals surface area contributed by atoms with Crippen LogP contribution in [0.2, 0.25) is 0 Å². The lowest BCUT2D eigenvalue weighted by Crippen LogP contribution is -2.30. The molecule has 4 aromatic rings. The molecule has 4 aromatic carbocycles. The van der Waals surface area contributed by atoms with Crippen molar-refractivity contribution in [3.8, 4) is 5.75 Å². The molecule has 224 valence electrons. The molecule has 0 aromatic heterocycles. The van der Waals surface area contributed by atoms with Gasteiger partial charge in [-0.15, -0.1) is 11.8 Å². The van der Waals surface area contributed by atoms with E-state index in [-0.39, 0.29) is 17.3 Å². The second kappa shape index (κ2) is 15.2. The van der Waals surface area contributed by atoms with Crippen molar-refractivity contribution in [3.63, 3.8) is 0 Å². The van der Waals surface area contributed by atoms with E-state index in [1.54, 1.807) is 78.9 Å². The maximum Gasteiger partial charge on any atom is 0.272 e. The van der Waals surface area contributed by atoms with Crippen LogP contribution in [0.3, 0.4) is 0 Å². The summed E-state index contributed by atoms with van der Waals surface area (Å²) < 4.78 is 5.42. The van der Waals surface area contributed by atoms with Crippen molar-refractivity contribution in [1.29, 1.82) is 0 Å². The summed E-state index contributed by atoms with van der Waals surface area (Å²) in [7, 11) is 1.52. The number of nitro groups is 1. The molecule has 1 atom stereocenters. The zero-order valence-electron chi connectivity index (χ0n) is 24.0. The fourth-order valence-corrected chi connectivity index (χ4v) is 5.12. The van der Waals surface area contributed by atoms with Crippen molar-refractivity contribution in [2.45, 2.75) is 23.5 Å². The molecule has 0 aliphatic carbocycles. The summed E-state index contributed by atoms with van der Waals surface area (Å²) in [6.07, 6.45) is 2.06. The third-order valence-electron chi connectivity index (χ3n) is 6.35. The van der Waals surface area contributed by atoms with Crippen LogP contribution in [0.5, 0.6) is 5.75 Å². The molecule has 0 saturated carbocycles. The zero-order chi connectivity index (χ0) is 31.5. The van der Waals surface area contributed by atoms with Gasteiger partial charge in [-0.1, -0.05) is 49.4 Å². The number of carbonyl (C=O) groups excluding carboxylic acids is 3. The van der Waals surface area contributed by atoms with E-state index in [2.05, 4.69) is 16.0 Å². The second-order valence-electron chi connectivity index (χ2n) is 9.41. The Balaban J connectivity index is 1.50. The standard InChI is InChI=1S/C33H30N4O6S/c1-3-30(33(40)34-24-16-18-26(19-17-24)37(41)42)44-27-14-9-13-25(21-27)35-32(39)28(20-23-12-7-8-15-29(23)43-2)36-31(38)22-10-5-4-6-11-22/h4-21,30H,3H2,1-2H3,(H,34,40)(H,35,39)(H,36,38)/b28-20+. The van der Waals surface area contributed by atoms with Gasteiger partial charge in [-0.2, -0.15) is 0 Å². The molecule has 11 heteroatoms. The van der Waals surface area contributed by atoms with Crippen LogP contribution in [-0.2, 0) is 9.59 Å². The Hall–Kier alpha value is -5.42. The topological polar surface area (TPSA) is 140 Å². The molecule has 0 saturated heterocycles. The molecule has 0 heterocycles. The van der Waals surface area contributed by atoms with Crippen LogP contribution >= 0.6 is 11.8 Å². The second-order valence-corrected chi connectivity index (χ2v) is 10.7. The van der Waals surface area contributed by atoms with Crippen molar-refractivity contribution in [2.75, 3.05) is 17.7 Å². The van der Waals surface area contributed by atoms with Crippen LogP contribution in [-0.4, -0.2) is 35.0 Å². The van der Waals surface area contributed by atoms with E-state index in [9.17, 15) is 24.5 Å². The number of nitrogens with zero attached hydrogens (tertiary/aromatic N) is 1. The number of non-ortho nitro benzene ring substituents is 1. The quantitative estimate of drug-likeness (QED) is 0.0718. The molecule has 3 amide bonds. The lowest BCUT2D eigenvalue weighted by molar-refractivity contribution is -0.384. The summed E-state index contributed by atoms with van der Waals surface area (Å²) in [6, 6.07) is 28.3. The maximum absolute atomic E-state index is 13.5. The summed E-state index contributed by atoms with van der Waals surface area (Å²) in [4.78, 5) is 50.6. The number of amides is 3. The molecule has 0 aliphatic heterocycles. The predicted octanol–water partition coefficient (Wildman–Crippen LogP) is 6.52. The Labute approximate surface area is 258 Å². The van der Waals surface area contributed by atoms with Gasteiger partial charge in [0.25, 0.3) is 17.5 Å². The lowest BCUT2D eigenvalue weighted by Gasteiger charge is -2.16. The Kier molecular flexibility index (Phi) is 10.9. The number of benzene rings is 4. The van der Waals surface area contributed by atoms with Crippen molar-refractivity contribution < 1.29 is 24.0 Å². The van der Waals surface area contributed by atoms with Crippen LogP contribution in [0.1, 0.15) is 29.3 Å². The van der Waals surface area contributed by atoms with E-state index >= 15 is 0 Å². The number of nitrogens with one attached hydrogen (secondary N) is 3. The molecule has 10 nitrogen and oxygen atoms in total. The Morgan fingerprint density at radius 1 is 0.886 bits per heavy atom. The summed E-state index contributed by atoms with van der Waals surface area (Å²) >= 11 is 1.32. The highest BCUT2D eigenvalue weighted by atomic mass is 32.2. The molecular formula is C33H30N4O6S. The number of methoxy groups -OCH3 is 1. The lowest BCUT2D eigenvalue weighted by atomic mass is 10.1. The van der Waals surface area contributed by atoms with Gasteiger partial charge in [-0.3, -0.25) is 24.5 Å². The van der Waals surface area contributed by atoms with E-state index < -0.39 is 22.0 Å². The van der Waals surface area contributed by atoms with Crippen molar-refractivity contribution in [2.24, 2.45) is 0 Å². The highest BCUT2D eigenvalue weighted by molar-refractivity contribution is 8.00. The van der Waals surface area contributed by atoms with Gasteiger partial charge in [0, 0.05) is 39.5 Å². The smallest absolute Gasteiger partial charge is 0.272 e. The highest BCUT2D eigenvalue weighted by Gasteiger charge is 2.20. The average Bonchev–Trinajstić information content (AvgIpc) is 3.04. The summed E-state index contributed by atoms with van der Waals surface area (Å²) in [5, 5.41) is 18.8. The first-order chi connectivity index (χ1) is 21.3. The first-order valence-electron chi connectivity index (χ1n) is 13.6. The van der Waals surface area contributed by atoms with Gasteiger partial charge < -0.3 is 20.7 Å². The molecular weight excluding hydrogens is 580 g/mol. The normalized spacial score (nSPS) is 11.6. The number of para-hydroxylation sites is 1. The average molecular weight is 611 g/mol. The third kappa shape index (κ3) is 8.55. The first kappa shape index (κ1) is 31.5. The summed E-state index contributed by atoms with van der Waals surface area (Å²) in [5.74, 6) is -0.726. The SMILES string of the molecule is CCC(Sc1cccc(NC(=O)/C(=C\c2ccccc2OC)NC(=O)c2ccccc2)c1)C(=O)Nc1ccc([N+](=O)[O-])cc1. The number of thioether (sulfide) groups is 1. The Morgan fingerprint density at radius 3 is 2.27 bits per heavy atom. The van der Waals surface area contributed by atoms with Crippen LogP contribution in [0.15, 0.2) is 114 Å². The van der Waals surface area contributed by atoms with Gasteiger partial charge in [-0.25, -0.2) is 0 Å². The minimum Gasteiger partial charge on any atom is -0.496 e. The summed E-state index contributed by atoms with van der Waals surface area (Å²) in [5.41, 5.74) is 1.85. The van der Waals surface area contributed by atoms with Crippen molar-refractivity contribution in [1.82, 2.24) is 5.32 Å². The minimum atomic E-state index is -0.551. The predicted molar refractivity (Wildman–Crippen MR) is 172 cm³/mol. The molecule has 0 fully saturated rings. The molecule has 0 radical (unpaired) electrons. The molecule has 4 rings (SSSR count). The van der Waals surface area contributed by atoms with Gasteiger partial charge in [0.05, 0.1) is 17.3 Å². The fraction of sp³-hybridized carbons (Fsp3) is 0.121. The van der Waals surface area contributed by atoms with E-state index in [0.717, 1.165) is 4.90 Å². The number of ether oxygens (including phenoxy) is 1. The van der Waals surface area contributed by atoms with Gasteiger partial charge in [-0.05, 0) is 61.0 Å². The number of hydrogen-bond acceptors (Lipinski definition) is 7. The highest BCUT2D eigenvalue weighted by Crippen LogP contribution is 2.29. The monoisotopic (exact) mass is 610 g/mol. The van der Waals surface area contributed by atoms with Crippen molar-refractivity contribution >= 4 is 52.6 Å². The van der Waals surface area contributed by atoms with Crippen LogP contribution < -0.4 is 20.7 Å². The van der Waals surface area contributed by atoms with Gasteiger partial charge in [0.1, 0.15) is 11.4 Å². The van der Waals surface area contributed by atoms with E-state index in [0.29, 0.717) is 34.7 Å². The molecule has 0 spiro atoms. The first-order valence-corrected chi connectivity index (χ1v) is 14.5. The molecule has 1 unspecified atom stereocenters. The van der Waals surface area contributed by atoms with Gasteiger partial charge in [0.2, 0.25) is 5.91 Å². The molecule has 44 heavy (non-hydrogen) atoms. The molecule has 0 aliphatic rings. The molecule has 3 N–H and O–H groups in total. The molecule has 0 bridgehead atoms. The summed E-state index contributed by atoms with van der Waals surface area (Å²) in [6.45, 7) is 1.88. The van der Waals surface area contributed by atoms with Crippen LogP contribution in [0.4, 0.5) is 17.1 Å². The number of nitro benzene ring substituents is 1. The van der Waals surface area contributed by atoms with Crippen molar-refractivity contribution in [3.05, 3.63) is 130 Å². The van der Waals surface area contributed by atoms with E-state index in [4.69, 9.17) is 4.74 Å². The number of anilines is 2. The maximum atomic E-state index is 13.5. The Bertz CT molecular complexity index is 1680. The Morgan fingerprint density at radius 2 is 1.59 bits per heavy atom. The fourth-order valence-electron chi connectivity index (χ4n) is 4.10. The zero-order valence-corrected chi connectivity index (χ0v) is 24.8. The van der Waals surface area contributed by atoms with E-state index in [1.165, 1.54) is 43.1 Å². The number of hydrogen-bond donors (Lipinski definition) is 3. The van der Waals surface area contributed by atoms with E-state index in [1.807, 2.05) is 13.0 Å². The largest absolute Gasteiger partial charge is 0.496 e. The van der Waals surface area contributed by atoms with Crippen LogP contribution in [0.25, 0.3) is 6.08 Å². The number of carbonyl (C=O) groups is 3. The number of rotatable bonds is 12. The van der Waals surface area contributed by atoms with Crippen LogP contribution in [0, 0.1) is 10.1 Å². The van der Waals surface area contributed by atoms with Gasteiger partial charge in [0.15, 0.2) is 0 Å². The minimum absolute atomic E-state index is 0.00956. The van der Waals surface area contributed by atoms with Gasteiger partial charge >= 0.3 is 0 Å².